The van der Waals surface area contributed by atoms with E-state index in [4.69, 9.17) is 4.42 Å². The lowest BCUT2D eigenvalue weighted by molar-refractivity contribution is 0.0939. The normalized spacial score (nSPS) is 12.4. The number of aromatic nitrogens is 1. The smallest absolute Gasteiger partial charge is 0.251 e. The molecule has 2 heterocycles. The van der Waals surface area contributed by atoms with Crippen LogP contribution in [-0.2, 0) is 6.42 Å². The molecule has 2 N–H and O–H groups in total. The lowest BCUT2D eigenvalue weighted by atomic mass is 10.1. The van der Waals surface area contributed by atoms with Crippen LogP contribution in [0, 0.1) is 0 Å². The van der Waals surface area contributed by atoms with E-state index in [0.29, 0.717) is 12.0 Å². The minimum Gasteiger partial charge on any atom is -0.469 e. The second-order valence-corrected chi connectivity index (χ2v) is 4.94. The van der Waals surface area contributed by atoms with E-state index >= 15 is 0 Å². The number of amides is 1. The highest BCUT2D eigenvalue weighted by Crippen LogP contribution is 2.14. The van der Waals surface area contributed by atoms with Gasteiger partial charge in [-0.05, 0) is 43.3 Å². The Kier molecular flexibility index (Phi) is 3.29. The number of rotatable bonds is 4. The monoisotopic (exact) mass is 268 g/mol. The van der Waals surface area contributed by atoms with Crippen LogP contribution < -0.4 is 5.32 Å². The largest absolute Gasteiger partial charge is 0.469 e. The molecule has 1 aromatic carbocycles. The third kappa shape index (κ3) is 2.59. The molecule has 0 saturated carbocycles. The highest BCUT2D eigenvalue weighted by Gasteiger charge is 2.12. The second-order valence-electron chi connectivity index (χ2n) is 4.94. The van der Waals surface area contributed by atoms with E-state index in [1.807, 2.05) is 49.5 Å². The molecule has 1 unspecified atom stereocenters. The average molecular weight is 268 g/mol. The molecule has 3 aromatic rings. The number of H-pyrrole nitrogens is 1. The standard InChI is InChI=1S/C16H16N2O2/c1-11(9-14-3-2-8-20-14)18-16(19)13-4-5-15-12(10-13)6-7-17-15/h2-8,10-11,17H,9H2,1H3,(H,18,19). The SMILES string of the molecule is CC(Cc1ccco1)NC(=O)c1ccc2[nH]ccc2c1. The fourth-order valence-electron chi connectivity index (χ4n) is 2.28. The first kappa shape index (κ1) is 12.5. The van der Waals surface area contributed by atoms with E-state index in [1.165, 1.54) is 0 Å². The zero-order valence-electron chi connectivity index (χ0n) is 11.2. The molecule has 102 valence electrons. The van der Waals surface area contributed by atoms with Gasteiger partial charge in [-0.2, -0.15) is 0 Å². The average Bonchev–Trinajstić information content (AvgIpc) is 3.07. The zero-order chi connectivity index (χ0) is 13.9. The number of carbonyl (C=O) groups is 1. The van der Waals surface area contributed by atoms with Crippen LogP contribution in [0.4, 0.5) is 0 Å². The molecule has 0 aliphatic heterocycles. The van der Waals surface area contributed by atoms with Crippen molar-refractivity contribution >= 4 is 16.8 Å². The van der Waals surface area contributed by atoms with Gasteiger partial charge in [0.25, 0.3) is 5.91 Å². The van der Waals surface area contributed by atoms with Crippen LogP contribution in [-0.4, -0.2) is 16.9 Å². The highest BCUT2D eigenvalue weighted by molar-refractivity contribution is 5.98. The Labute approximate surface area is 116 Å². The number of hydrogen-bond donors (Lipinski definition) is 2. The Hall–Kier alpha value is -2.49. The molecule has 20 heavy (non-hydrogen) atoms. The van der Waals surface area contributed by atoms with Gasteiger partial charge in [0.15, 0.2) is 0 Å². The number of hydrogen-bond acceptors (Lipinski definition) is 2. The fraction of sp³-hybridized carbons (Fsp3) is 0.188. The van der Waals surface area contributed by atoms with Crippen LogP contribution in [0.25, 0.3) is 10.9 Å². The number of fused-ring (bicyclic) bond motifs is 1. The van der Waals surface area contributed by atoms with Crippen LogP contribution in [0.15, 0.2) is 53.3 Å². The zero-order valence-corrected chi connectivity index (χ0v) is 11.2. The first-order valence-electron chi connectivity index (χ1n) is 6.63. The maximum atomic E-state index is 12.2. The first-order valence-corrected chi connectivity index (χ1v) is 6.63. The molecule has 0 radical (unpaired) electrons. The minimum atomic E-state index is -0.0628. The van der Waals surface area contributed by atoms with Crippen LogP contribution in [0.5, 0.6) is 0 Å². The first-order chi connectivity index (χ1) is 9.72. The van der Waals surface area contributed by atoms with Gasteiger partial charge in [-0.15, -0.1) is 0 Å². The second kappa shape index (κ2) is 5.25. The molecular formula is C16H16N2O2. The number of aromatic amines is 1. The molecule has 0 fully saturated rings. The van der Waals surface area contributed by atoms with Crippen LogP contribution in [0.2, 0.25) is 0 Å². The molecule has 0 bridgehead atoms. The lowest BCUT2D eigenvalue weighted by Gasteiger charge is -2.12. The van der Waals surface area contributed by atoms with E-state index in [9.17, 15) is 4.79 Å². The van der Waals surface area contributed by atoms with Crippen molar-refractivity contribution in [1.29, 1.82) is 0 Å². The van der Waals surface area contributed by atoms with Crippen molar-refractivity contribution in [2.24, 2.45) is 0 Å². The van der Waals surface area contributed by atoms with E-state index in [0.717, 1.165) is 16.7 Å². The molecule has 1 atom stereocenters. The highest BCUT2D eigenvalue weighted by atomic mass is 16.3. The number of carbonyl (C=O) groups excluding carboxylic acids is 1. The van der Waals surface area contributed by atoms with Crippen molar-refractivity contribution < 1.29 is 9.21 Å². The van der Waals surface area contributed by atoms with Gasteiger partial charge in [0.1, 0.15) is 5.76 Å². The van der Waals surface area contributed by atoms with Crippen molar-refractivity contribution in [3.8, 4) is 0 Å². The van der Waals surface area contributed by atoms with E-state index in [-0.39, 0.29) is 11.9 Å². The summed E-state index contributed by atoms with van der Waals surface area (Å²) < 4.78 is 5.28. The topological polar surface area (TPSA) is 58.0 Å². The number of furan rings is 1. The summed E-state index contributed by atoms with van der Waals surface area (Å²) in [5.41, 5.74) is 1.70. The molecule has 0 aliphatic rings. The molecule has 0 saturated heterocycles. The number of nitrogens with one attached hydrogen (secondary N) is 2. The quantitative estimate of drug-likeness (QED) is 0.763. The van der Waals surface area contributed by atoms with Crippen molar-refractivity contribution in [1.82, 2.24) is 10.3 Å². The van der Waals surface area contributed by atoms with Gasteiger partial charge in [-0.25, -0.2) is 0 Å². The molecular weight excluding hydrogens is 252 g/mol. The van der Waals surface area contributed by atoms with Crippen LogP contribution >= 0.6 is 0 Å². The molecule has 4 nitrogen and oxygen atoms in total. The van der Waals surface area contributed by atoms with Gasteiger partial charge in [0.2, 0.25) is 0 Å². The molecule has 0 spiro atoms. The van der Waals surface area contributed by atoms with E-state index in [2.05, 4.69) is 10.3 Å². The summed E-state index contributed by atoms with van der Waals surface area (Å²) >= 11 is 0. The van der Waals surface area contributed by atoms with Crippen LogP contribution in [0.3, 0.4) is 0 Å². The van der Waals surface area contributed by atoms with Crippen molar-refractivity contribution in [2.75, 3.05) is 0 Å². The molecule has 1 amide bonds. The Balaban J connectivity index is 1.68. The predicted molar refractivity (Wildman–Crippen MR) is 77.6 cm³/mol. The summed E-state index contributed by atoms with van der Waals surface area (Å²) in [7, 11) is 0. The van der Waals surface area contributed by atoms with Crippen molar-refractivity contribution in [3.63, 3.8) is 0 Å². The predicted octanol–water partition coefficient (Wildman–Crippen LogP) is 3.12. The van der Waals surface area contributed by atoms with Gasteiger partial charge >= 0.3 is 0 Å². The molecule has 2 aromatic heterocycles. The summed E-state index contributed by atoms with van der Waals surface area (Å²) in [4.78, 5) is 15.3. The Bertz CT molecular complexity index is 713. The summed E-state index contributed by atoms with van der Waals surface area (Å²) in [6, 6.07) is 11.4. The molecule has 3 rings (SSSR count). The summed E-state index contributed by atoms with van der Waals surface area (Å²) in [6.07, 6.45) is 4.20. The van der Waals surface area contributed by atoms with Gasteiger partial charge < -0.3 is 14.7 Å². The van der Waals surface area contributed by atoms with Gasteiger partial charge in [-0.1, -0.05) is 0 Å². The summed E-state index contributed by atoms with van der Waals surface area (Å²) in [5.74, 6) is 0.811. The van der Waals surface area contributed by atoms with Crippen molar-refractivity contribution in [3.05, 3.63) is 60.2 Å². The maximum Gasteiger partial charge on any atom is 0.251 e. The third-order valence-electron chi connectivity index (χ3n) is 3.28. The van der Waals surface area contributed by atoms with Crippen LogP contribution in [0.1, 0.15) is 23.0 Å². The maximum absolute atomic E-state index is 12.2. The number of benzene rings is 1. The van der Waals surface area contributed by atoms with Gasteiger partial charge in [0, 0.05) is 35.1 Å². The fourth-order valence-corrected chi connectivity index (χ4v) is 2.28. The van der Waals surface area contributed by atoms with E-state index in [1.54, 1.807) is 6.26 Å². The van der Waals surface area contributed by atoms with Gasteiger partial charge in [-0.3, -0.25) is 4.79 Å². The minimum absolute atomic E-state index is 0.0237. The Morgan fingerprint density at radius 1 is 1.35 bits per heavy atom. The Morgan fingerprint density at radius 2 is 2.25 bits per heavy atom. The summed E-state index contributed by atoms with van der Waals surface area (Å²) in [5, 5.41) is 4.02. The molecule has 0 aliphatic carbocycles. The summed E-state index contributed by atoms with van der Waals surface area (Å²) in [6.45, 7) is 1.97. The Morgan fingerprint density at radius 3 is 3.05 bits per heavy atom. The van der Waals surface area contributed by atoms with E-state index < -0.39 is 0 Å². The third-order valence-corrected chi connectivity index (χ3v) is 3.28. The van der Waals surface area contributed by atoms with Crippen molar-refractivity contribution in [2.45, 2.75) is 19.4 Å². The lowest BCUT2D eigenvalue weighted by Crippen LogP contribution is -2.33. The molecule has 4 heteroatoms. The van der Waals surface area contributed by atoms with Gasteiger partial charge in [0.05, 0.1) is 6.26 Å².